The van der Waals surface area contributed by atoms with Gasteiger partial charge in [0.15, 0.2) is 0 Å². The molecule has 0 saturated heterocycles. The third kappa shape index (κ3) is 3.77. The smallest absolute Gasteiger partial charge is 0.326 e. The van der Waals surface area contributed by atoms with Crippen LogP contribution in [0, 0.1) is 0 Å². The summed E-state index contributed by atoms with van der Waals surface area (Å²) >= 11 is 12.8. The van der Waals surface area contributed by atoms with Crippen molar-refractivity contribution < 1.29 is 14.3 Å². The summed E-state index contributed by atoms with van der Waals surface area (Å²) in [5.74, 6) is -0.431. The van der Waals surface area contributed by atoms with Crippen LogP contribution in [0.4, 0.5) is 0 Å². The molecule has 8 heteroatoms. The van der Waals surface area contributed by atoms with E-state index in [1.165, 1.54) is 11.7 Å². The summed E-state index contributed by atoms with van der Waals surface area (Å²) in [5, 5.41) is 0.421. The van der Waals surface area contributed by atoms with Gasteiger partial charge in [-0.1, -0.05) is 29.0 Å². The van der Waals surface area contributed by atoms with E-state index < -0.39 is 12.1 Å². The molecule has 2 rings (SSSR count). The Morgan fingerprint density at radius 1 is 1.48 bits per heavy atom. The summed E-state index contributed by atoms with van der Waals surface area (Å²) < 4.78 is 12.1. The SMILES string of the molecule is COC[C@@H](CCl)OC(=O)Cn1c(=O)sc2cccc(Cl)c21. The molecule has 0 fully saturated rings. The normalized spacial score (nSPS) is 12.5. The second-order valence-corrected chi connectivity index (χ2v) is 5.97. The topological polar surface area (TPSA) is 57.5 Å². The molecule has 1 atom stereocenters. The number of fused-ring (bicyclic) bond motifs is 1. The molecule has 0 N–H and O–H groups in total. The molecule has 0 unspecified atom stereocenters. The molecular weight excluding hydrogens is 337 g/mol. The molecule has 2 aromatic rings. The van der Waals surface area contributed by atoms with Crippen LogP contribution >= 0.6 is 34.5 Å². The molecule has 0 amide bonds. The third-order valence-corrected chi connectivity index (χ3v) is 4.34. The van der Waals surface area contributed by atoms with Crippen LogP contribution in [0.2, 0.25) is 5.02 Å². The minimum Gasteiger partial charge on any atom is -0.457 e. The first-order valence-electron chi connectivity index (χ1n) is 6.09. The molecule has 0 spiro atoms. The van der Waals surface area contributed by atoms with Gasteiger partial charge >= 0.3 is 10.8 Å². The zero-order chi connectivity index (χ0) is 15.4. The van der Waals surface area contributed by atoms with Crippen molar-refractivity contribution in [3.63, 3.8) is 0 Å². The Bertz CT molecular complexity index is 697. The van der Waals surface area contributed by atoms with Crippen LogP contribution in [-0.2, 0) is 20.8 Å². The number of alkyl halides is 1. The molecule has 0 bridgehead atoms. The maximum absolute atomic E-state index is 12.0. The Morgan fingerprint density at radius 2 is 2.24 bits per heavy atom. The summed E-state index contributed by atoms with van der Waals surface area (Å²) in [4.78, 5) is 23.6. The molecule has 0 saturated carbocycles. The van der Waals surface area contributed by atoms with Crippen molar-refractivity contribution in [2.45, 2.75) is 12.6 Å². The van der Waals surface area contributed by atoms with Crippen molar-refractivity contribution in [2.24, 2.45) is 0 Å². The van der Waals surface area contributed by atoms with E-state index in [-0.39, 0.29) is 23.9 Å². The molecule has 21 heavy (non-hydrogen) atoms. The van der Waals surface area contributed by atoms with Gasteiger partial charge in [-0.2, -0.15) is 0 Å². The number of aromatic nitrogens is 1. The molecule has 0 aliphatic heterocycles. The lowest BCUT2D eigenvalue weighted by Gasteiger charge is -2.14. The molecule has 0 aliphatic rings. The Kier molecular flexibility index (Phi) is 5.64. The van der Waals surface area contributed by atoms with E-state index in [2.05, 4.69) is 0 Å². The van der Waals surface area contributed by atoms with Crippen LogP contribution in [0.25, 0.3) is 10.2 Å². The monoisotopic (exact) mass is 349 g/mol. The number of para-hydroxylation sites is 1. The Morgan fingerprint density at radius 3 is 2.90 bits per heavy atom. The molecule has 0 radical (unpaired) electrons. The van der Waals surface area contributed by atoms with Crippen LogP contribution in [0.3, 0.4) is 0 Å². The van der Waals surface area contributed by atoms with Crippen molar-refractivity contribution >= 4 is 50.7 Å². The number of esters is 1. The van der Waals surface area contributed by atoms with Gasteiger partial charge in [-0.15, -0.1) is 11.6 Å². The van der Waals surface area contributed by atoms with Gasteiger partial charge < -0.3 is 9.47 Å². The van der Waals surface area contributed by atoms with Gasteiger partial charge in [-0.3, -0.25) is 14.2 Å². The van der Waals surface area contributed by atoms with Crippen molar-refractivity contribution in [1.82, 2.24) is 4.57 Å². The zero-order valence-electron chi connectivity index (χ0n) is 11.2. The fraction of sp³-hybridized carbons (Fsp3) is 0.385. The van der Waals surface area contributed by atoms with Crippen LogP contribution in [0.15, 0.2) is 23.0 Å². The number of thiazole rings is 1. The minimum absolute atomic E-state index is 0.125. The van der Waals surface area contributed by atoms with E-state index >= 15 is 0 Å². The lowest BCUT2D eigenvalue weighted by molar-refractivity contribution is -0.150. The predicted octanol–water partition coefficient (Wildman–Crippen LogP) is 2.51. The number of halogens is 2. The highest BCUT2D eigenvalue weighted by Crippen LogP contribution is 2.25. The number of carbonyl (C=O) groups is 1. The van der Waals surface area contributed by atoms with E-state index in [9.17, 15) is 9.59 Å². The Hall–Kier alpha value is -1.08. The van der Waals surface area contributed by atoms with Crippen molar-refractivity contribution in [2.75, 3.05) is 19.6 Å². The number of methoxy groups -OCH3 is 1. The molecular formula is C13H13Cl2NO4S. The summed E-state index contributed by atoms with van der Waals surface area (Å²) in [6, 6.07) is 5.21. The molecule has 1 heterocycles. The summed E-state index contributed by atoms with van der Waals surface area (Å²) in [5.41, 5.74) is 0.542. The number of hydrogen-bond donors (Lipinski definition) is 0. The summed E-state index contributed by atoms with van der Waals surface area (Å²) in [6.07, 6.45) is -0.541. The van der Waals surface area contributed by atoms with Gasteiger partial charge in [0.05, 0.1) is 27.7 Å². The molecule has 5 nitrogen and oxygen atoms in total. The van der Waals surface area contributed by atoms with E-state index in [4.69, 9.17) is 32.7 Å². The highest BCUT2D eigenvalue weighted by molar-refractivity contribution is 7.16. The van der Waals surface area contributed by atoms with Gasteiger partial charge in [0.2, 0.25) is 0 Å². The van der Waals surface area contributed by atoms with Gasteiger partial charge in [-0.05, 0) is 12.1 Å². The number of benzene rings is 1. The summed E-state index contributed by atoms with van der Waals surface area (Å²) in [7, 11) is 1.49. The number of ether oxygens (including phenoxy) is 2. The second kappa shape index (κ2) is 7.26. The average Bonchev–Trinajstić information content (AvgIpc) is 2.76. The standard InChI is InChI=1S/C13H13Cl2NO4S/c1-19-7-8(5-14)20-11(17)6-16-12-9(15)3-2-4-10(12)21-13(16)18/h2-4,8H,5-7H2,1H3/t8-/m1/s1. The van der Waals surface area contributed by atoms with Crippen molar-refractivity contribution in [3.8, 4) is 0 Å². The highest BCUT2D eigenvalue weighted by atomic mass is 35.5. The van der Waals surface area contributed by atoms with E-state index in [1.807, 2.05) is 0 Å². The zero-order valence-corrected chi connectivity index (χ0v) is 13.5. The first kappa shape index (κ1) is 16.3. The Labute approximate surface area is 135 Å². The quantitative estimate of drug-likeness (QED) is 0.593. The van der Waals surface area contributed by atoms with Crippen LogP contribution in [0.1, 0.15) is 0 Å². The minimum atomic E-state index is -0.556. The Balaban J connectivity index is 2.22. The van der Waals surface area contributed by atoms with E-state index in [0.29, 0.717) is 10.5 Å². The lowest BCUT2D eigenvalue weighted by Crippen LogP contribution is -2.28. The van der Waals surface area contributed by atoms with Crippen LogP contribution < -0.4 is 4.87 Å². The maximum Gasteiger partial charge on any atom is 0.326 e. The predicted molar refractivity (Wildman–Crippen MR) is 83.6 cm³/mol. The first-order chi connectivity index (χ1) is 10.1. The van der Waals surface area contributed by atoms with Gasteiger partial charge in [-0.25, -0.2) is 0 Å². The van der Waals surface area contributed by atoms with Crippen molar-refractivity contribution in [3.05, 3.63) is 32.9 Å². The summed E-state index contributed by atoms with van der Waals surface area (Å²) in [6.45, 7) is -0.00501. The number of nitrogens with zero attached hydrogens (tertiary/aromatic N) is 1. The fourth-order valence-corrected chi connectivity index (χ4v) is 3.27. The first-order valence-corrected chi connectivity index (χ1v) is 7.82. The second-order valence-electron chi connectivity index (χ2n) is 4.26. The van der Waals surface area contributed by atoms with Gasteiger partial charge in [0, 0.05) is 7.11 Å². The van der Waals surface area contributed by atoms with Crippen LogP contribution in [-0.4, -0.2) is 36.2 Å². The number of carbonyl (C=O) groups excluding carboxylic acids is 1. The number of rotatable bonds is 6. The van der Waals surface area contributed by atoms with E-state index in [0.717, 1.165) is 16.0 Å². The molecule has 114 valence electrons. The molecule has 0 aliphatic carbocycles. The molecule has 1 aromatic carbocycles. The highest BCUT2D eigenvalue weighted by Gasteiger charge is 2.17. The maximum atomic E-state index is 12.0. The molecule has 1 aromatic heterocycles. The average molecular weight is 350 g/mol. The van der Waals surface area contributed by atoms with Gasteiger partial charge in [0.1, 0.15) is 12.6 Å². The third-order valence-electron chi connectivity index (χ3n) is 2.75. The lowest BCUT2D eigenvalue weighted by atomic mass is 10.3. The van der Waals surface area contributed by atoms with Gasteiger partial charge in [0.25, 0.3) is 0 Å². The fourth-order valence-electron chi connectivity index (χ4n) is 1.87. The van der Waals surface area contributed by atoms with Crippen molar-refractivity contribution in [1.29, 1.82) is 0 Å². The van der Waals surface area contributed by atoms with Crippen LogP contribution in [0.5, 0.6) is 0 Å². The largest absolute Gasteiger partial charge is 0.457 e. The van der Waals surface area contributed by atoms with E-state index in [1.54, 1.807) is 18.2 Å². The number of hydrogen-bond acceptors (Lipinski definition) is 5.